The molecule has 0 amide bonds. The van der Waals surface area contributed by atoms with E-state index < -0.39 is 0 Å². The van der Waals surface area contributed by atoms with Crippen molar-refractivity contribution < 1.29 is 0 Å². The minimum atomic E-state index is 0.187. The summed E-state index contributed by atoms with van der Waals surface area (Å²) < 4.78 is 0. The number of hydrogen-bond acceptors (Lipinski definition) is 2. The first kappa shape index (κ1) is 13.7. The zero-order valence-electron chi connectivity index (χ0n) is 10.4. The second-order valence-electron chi connectivity index (χ2n) is 4.19. The van der Waals surface area contributed by atoms with Gasteiger partial charge in [-0.3, -0.25) is 4.90 Å². The number of nitrogens with one attached hydrogen (secondary N) is 1. The Morgan fingerprint density at radius 1 is 1.36 bits per heavy atom. The first-order valence-corrected chi connectivity index (χ1v) is 5.57. The van der Waals surface area contributed by atoms with Gasteiger partial charge in [0.1, 0.15) is 0 Å². The maximum Gasteiger partial charge on any atom is 0.0308 e. The van der Waals surface area contributed by atoms with Crippen LogP contribution < -0.4 is 5.32 Å². The predicted molar refractivity (Wildman–Crippen MR) is 64.7 cm³/mol. The monoisotopic (exact) mass is 198 g/mol. The van der Waals surface area contributed by atoms with Gasteiger partial charge < -0.3 is 5.32 Å². The average Bonchev–Trinajstić information content (AvgIpc) is 2.15. The van der Waals surface area contributed by atoms with E-state index in [9.17, 15) is 0 Å². The lowest BCUT2D eigenvalue weighted by atomic mass is 9.90. The lowest BCUT2D eigenvalue weighted by Gasteiger charge is -2.43. The highest BCUT2D eigenvalue weighted by Gasteiger charge is 2.31. The van der Waals surface area contributed by atoms with Gasteiger partial charge in [-0.2, -0.15) is 0 Å². The lowest BCUT2D eigenvalue weighted by molar-refractivity contribution is 0.0954. The van der Waals surface area contributed by atoms with E-state index in [1.807, 2.05) is 13.1 Å². The fourth-order valence-electron chi connectivity index (χ4n) is 2.19. The molecule has 0 fully saturated rings. The Balaban J connectivity index is 4.58. The second kappa shape index (κ2) is 6.20. The van der Waals surface area contributed by atoms with Crippen molar-refractivity contribution in [1.82, 2.24) is 10.2 Å². The minimum absolute atomic E-state index is 0.187. The zero-order chi connectivity index (χ0) is 11.2. The van der Waals surface area contributed by atoms with Gasteiger partial charge in [0, 0.05) is 11.6 Å². The Labute approximate surface area is 89.4 Å². The topological polar surface area (TPSA) is 15.3 Å². The quantitative estimate of drug-likeness (QED) is 0.631. The highest BCUT2D eigenvalue weighted by molar-refractivity contribution is 4.95. The van der Waals surface area contributed by atoms with Crippen molar-refractivity contribution in [2.45, 2.75) is 45.7 Å². The molecule has 0 bridgehead atoms. The van der Waals surface area contributed by atoms with Gasteiger partial charge in [0.25, 0.3) is 0 Å². The van der Waals surface area contributed by atoms with E-state index in [0.29, 0.717) is 6.04 Å². The number of rotatable bonds is 7. The molecule has 14 heavy (non-hydrogen) atoms. The van der Waals surface area contributed by atoms with E-state index in [0.717, 1.165) is 19.5 Å². The summed E-state index contributed by atoms with van der Waals surface area (Å²) in [4.78, 5) is 2.48. The van der Waals surface area contributed by atoms with E-state index in [2.05, 4.69) is 44.5 Å². The van der Waals surface area contributed by atoms with Gasteiger partial charge in [-0.05, 0) is 40.4 Å². The normalized spacial score (nSPS) is 14.4. The van der Waals surface area contributed by atoms with Crippen LogP contribution in [0.5, 0.6) is 0 Å². The zero-order valence-corrected chi connectivity index (χ0v) is 10.4. The van der Waals surface area contributed by atoms with Crippen molar-refractivity contribution >= 4 is 0 Å². The van der Waals surface area contributed by atoms with Crippen LogP contribution >= 0.6 is 0 Å². The third-order valence-electron chi connectivity index (χ3n) is 3.18. The summed E-state index contributed by atoms with van der Waals surface area (Å²) in [5, 5.41) is 3.38. The van der Waals surface area contributed by atoms with Gasteiger partial charge in [0.2, 0.25) is 0 Å². The van der Waals surface area contributed by atoms with Gasteiger partial charge >= 0.3 is 0 Å². The van der Waals surface area contributed by atoms with Gasteiger partial charge in [-0.1, -0.05) is 19.9 Å². The molecule has 0 radical (unpaired) electrons. The molecule has 0 aliphatic heterocycles. The van der Waals surface area contributed by atoms with E-state index in [1.54, 1.807) is 0 Å². The summed E-state index contributed by atoms with van der Waals surface area (Å²) in [5.74, 6) is 0. The third-order valence-corrected chi connectivity index (χ3v) is 3.18. The van der Waals surface area contributed by atoms with E-state index >= 15 is 0 Å². The standard InChI is InChI=1S/C12H26N2/c1-7-10-11(13-6)12(4,5)14(8-2)9-3/h7,11,13H,1,8-10H2,2-6H3. The van der Waals surface area contributed by atoms with Crippen LogP contribution in [0.2, 0.25) is 0 Å². The van der Waals surface area contributed by atoms with Crippen molar-refractivity contribution in [3.8, 4) is 0 Å². The van der Waals surface area contributed by atoms with Crippen LogP contribution in [0.3, 0.4) is 0 Å². The van der Waals surface area contributed by atoms with Crippen molar-refractivity contribution in [3.63, 3.8) is 0 Å². The van der Waals surface area contributed by atoms with Gasteiger partial charge in [-0.25, -0.2) is 0 Å². The second-order valence-corrected chi connectivity index (χ2v) is 4.19. The van der Waals surface area contributed by atoms with Gasteiger partial charge in [-0.15, -0.1) is 6.58 Å². The van der Waals surface area contributed by atoms with Crippen molar-refractivity contribution in [2.75, 3.05) is 20.1 Å². The van der Waals surface area contributed by atoms with Gasteiger partial charge in [0.05, 0.1) is 0 Å². The summed E-state index contributed by atoms with van der Waals surface area (Å²) in [6, 6.07) is 0.472. The molecule has 0 aliphatic rings. The molecule has 0 spiro atoms. The molecule has 0 rings (SSSR count). The smallest absolute Gasteiger partial charge is 0.0308 e. The SMILES string of the molecule is C=CCC(NC)C(C)(C)N(CC)CC. The van der Waals surface area contributed by atoms with Crippen molar-refractivity contribution in [2.24, 2.45) is 0 Å². The Morgan fingerprint density at radius 3 is 2.14 bits per heavy atom. The average molecular weight is 198 g/mol. The van der Waals surface area contributed by atoms with Crippen molar-refractivity contribution in [3.05, 3.63) is 12.7 Å². The molecule has 0 saturated carbocycles. The molecular formula is C12H26N2. The minimum Gasteiger partial charge on any atom is -0.315 e. The first-order chi connectivity index (χ1) is 6.54. The molecule has 0 saturated heterocycles. The Hall–Kier alpha value is -0.340. The highest BCUT2D eigenvalue weighted by Crippen LogP contribution is 2.20. The number of hydrogen-bond donors (Lipinski definition) is 1. The van der Waals surface area contributed by atoms with Crippen LogP contribution in [0, 0.1) is 0 Å². The van der Waals surface area contributed by atoms with Gasteiger partial charge in [0.15, 0.2) is 0 Å². The Bertz CT molecular complexity index is 160. The number of nitrogens with zero attached hydrogens (tertiary/aromatic N) is 1. The molecule has 2 heteroatoms. The van der Waals surface area contributed by atoms with E-state index in [-0.39, 0.29) is 5.54 Å². The number of likely N-dealkylation sites (N-methyl/N-ethyl adjacent to an activating group) is 2. The Morgan fingerprint density at radius 2 is 1.86 bits per heavy atom. The Kier molecular flexibility index (Phi) is 6.05. The molecule has 1 N–H and O–H groups in total. The fraction of sp³-hybridized carbons (Fsp3) is 0.833. The molecular weight excluding hydrogens is 172 g/mol. The highest BCUT2D eigenvalue weighted by atomic mass is 15.2. The van der Waals surface area contributed by atoms with E-state index in [1.165, 1.54) is 0 Å². The third kappa shape index (κ3) is 3.10. The summed E-state index contributed by atoms with van der Waals surface area (Å²) >= 11 is 0. The summed E-state index contributed by atoms with van der Waals surface area (Å²) in [6.45, 7) is 15.0. The van der Waals surface area contributed by atoms with Crippen LogP contribution in [0.15, 0.2) is 12.7 Å². The maximum atomic E-state index is 3.81. The van der Waals surface area contributed by atoms with Crippen LogP contribution in [-0.2, 0) is 0 Å². The molecule has 0 aromatic rings. The maximum absolute atomic E-state index is 3.81. The molecule has 1 unspecified atom stereocenters. The van der Waals surface area contributed by atoms with E-state index in [4.69, 9.17) is 0 Å². The molecule has 0 aromatic heterocycles. The molecule has 0 heterocycles. The summed E-state index contributed by atoms with van der Waals surface area (Å²) in [6.07, 6.45) is 3.01. The van der Waals surface area contributed by atoms with Crippen LogP contribution in [0.25, 0.3) is 0 Å². The molecule has 0 aromatic carbocycles. The fourth-order valence-corrected chi connectivity index (χ4v) is 2.19. The summed E-state index contributed by atoms with van der Waals surface area (Å²) in [7, 11) is 2.03. The molecule has 2 nitrogen and oxygen atoms in total. The van der Waals surface area contributed by atoms with Crippen molar-refractivity contribution in [1.29, 1.82) is 0 Å². The lowest BCUT2D eigenvalue weighted by Crippen LogP contribution is -2.56. The molecule has 0 aliphatic carbocycles. The van der Waals surface area contributed by atoms with Crippen LogP contribution in [0.1, 0.15) is 34.1 Å². The van der Waals surface area contributed by atoms with Crippen LogP contribution in [-0.4, -0.2) is 36.6 Å². The predicted octanol–water partition coefficient (Wildman–Crippen LogP) is 2.27. The summed E-state index contributed by atoms with van der Waals surface area (Å²) in [5.41, 5.74) is 0.187. The molecule has 1 atom stereocenters. The first-order valence-electron chi connectivity index (χ1n) is 5.57. The molecule has 84 valence electrons. The van der Waals surface area contributed by atoms with Crippen LogP contribution in [0.4, 0.5) is 0 Å². The largest absolute Gasteiger partial charge is 0.315 e.